The molecule has 1 aliphatic rings. The second-order valence-corrected chi connectivity index (χ2v) is 7.32. The molecule has 1 aromatic carbocycles. The van der Waals surface area contributed by atoms with Crippen LogP contribution in [0.3, 0.4) is 0 Å². The molecular weight excluding hydrogens is 342 g/mol. The number of hydrogen-bond donors (Lipinski definition) is 0. The molecule has 1 saturated carbocycles. The van der Waals surface area contributed by atoms with Crippen LogP contribution in [-0.4, -0.2) is 39.8 Å². The molecule has 1 aliphatic carbocycles. The van der Waals surface area contributed by atoms with Crippen LogP contribution in [0.15, 0.2) is 36.7 Å². The van der Waals surface area contributed by atoms with Crippen LogP contribution in [0.4, 0.5) is 0 Å². The van der Waals surface area contributed by atoms with Crippen molar-refractivity contribution in [2.45, 2.75) is 64.8 Å². The van der Waals surface area contributed by atoms with E-state index >= 15 is 0 Å². The zero-order chi connectivity index (χ0) is 19.2. The Balaban J connectivity index is 1.79. The molecule has 2 aromatic rings. The lowest BCUT2D eigenvalue weighted by Crippen LogP contribution is -2.40. The van der Waals surface area contributed by atoms with E-state index in [4.69, 9.17) is 9.47 Å². The highest BCUT2D eigenvalue weighted by Crippen LogP contribution is 2.31. The van der Waals surface area contributed by atoms with Crippen molar-refractivity contribution in [3.63, 3.8) is 0 Å². The molecule has 0 atom stereocenters. The van der Waals surface area contributed by atoms with Gasteiger partial charge in [-0.25, -0.2) is 0 Å². The van der Waals surface area contributed by atoms with E-state index in [1.54, 1.807) is 18.0 Å². The molecule has 0 bridgehead atoms. The maximum Gasteiger partial charge on any atom is 0.244 e. The number of nitrogens with zero attached hydrogens (tertiary/aromatic N) is 3. The summed E-state index contributed by atoms with van der Waals surface area (Å²) in [4.78, 5) is 15.0. The van der Waals surface area contributed by atoms with Gasteiger partial charge in [0.15, 0.2) is 11.5 Å². The van der Waals surface area contributed by atoms with E-state index in [9.17, 15) is 4.79 Å². The second kappa shape index (κ2) is 8.93. The number of carbonyl (C=O) groups is 1. The first-order chi connectivity index (χ1) is 13.1. The fraction of sp³-hybridized carbons (Fsp3) is 0.524. The molecule has 6 heteroatoms. The van der Waals surface area contributed by atoms with E-state index in [2.05, 4.69) is 5.10 Å². The lowest BCUT2D eigenvalue weighted by atomic mass is 10.1. The van der Waals surface area contributed by atoms with E-state index in [1.165, 1.54) is 12.8 Å². The van der Waals surface area contributed by atoms with Crippen LogP contribution in [0.25, 0.3) is 0 Å². The van der Waals surface area contributed by atoms with E-state index in [-0.39, 0.29) is 18.6 Å². The third kappa shape index (κ3) is 5.02. The number of hydrogen-bond acceptors (Lipinski definition) is 4. The largest absolute Gasteiger partial charge is 0.493 e. The third-order valence-corrected chi connectivity index (χ3v) is 4.89. The summed E-state index contributed by atoms with van der Waals surface area (Å²) < 4.78 is 13.0. The zero-order valence-corrected chi connectivity index (χ0v) is 16.4. The summed E-state index contributed by atoms with van der Waals surface area (Å²) in [6, 6.07) is 8.05. The Labute approximate surface area is 161 Å². The Bertz CT molecular complexity index is 737. The van der Waals surface area contributed by atoms with E-state index in [0.717, 1.165) is 24.2 Å². The van der Waals surface area contributed by atoms with E-state index in [1.807, 2.05) is 49.2 Å². The first-order valence-electron chi connectivity index (χ1n) is 9.67. The number of carbonyl (C=O) groups excluding carboxylic acids is 1. The SMILES string of the molecule is COc1ccc(CN(C(=O)Cn2cccn2)C2CCCC2)cc1OC(C)C. The molecule has 1 amide bonds. The van der Waals surface area contributed by atoms with Crippen molar-refractivity contribution in [3.05, 3.63) is 42.2 Å². The van der Waals surface area contributed by atoms with E-state index in [0.29, 0.717) is 18.3 Å². The number of aromatic nitrogens is 2. The van der Waals surface area contributed by atoms with Gasteiger partial charge in [-0.05, 0) is 50.5 Å². The van der Waals surface area contributed by atoms with Crippen LogP contribution in [-0.2, 0) is 17.9 Å². The summed E-state index contributed by atoms with van der Waals surface area (Å²) in [6.45, 7) is 4.83. The van der Waals surface area contributed by atoms with Gasteiger partial charge in [0.1, 0.15) is 6.54 Å². The van der Waals surface area contributed by atoms with Gasteiger partial charge in [0.2, 0.25) is 5.91 Å². The molecule has 1 heterocycles. The number of rotatable bonds is 8. The van der Waals surface area contributed by atoms with Crippen LogP contribution in [0.2, 0.25) is 0 Å². The smallest absolute Gasteiger partial charge is 0.244 e. The lowest BCUT2D eigenvalue weighted by Gasteiger charge is -2.29. The van der Waals surface area contributed by atoms with Gasteiger partial charge in [0.25, 0.3) is 0 Å². The Hall–Kier alpha value is -2.50. The average Bonchev–Trinajstić information content (AvgIpc) is 3.33. The van der Waals surface area contributed by atoms with Gasteiger partial charge in [-0.3, -0.25) is 9.48 Å². The molecule has 0 spiro atoms. The maximum atomic E-state index is 13.0. The first-order valence-corrected chi connectivity index (χ1v) is 9.67. The molecule has 0 N–H and O–H groups in total. The minimum absolute atomic E-state index is 0.0570. The highest BCUT2D eigenvalue weighted by Gasteiger charge is 2.27. The van der Waals surface area contributed by atoms with Crippen molar-refractivity contribution in [3.8, 4) is 11.5 Å². The molecule has 0 radical (unpaired) electrons. The minimum Gasteiger partial charge on any atom is -0.493 e. The first kappa shape index (κ1) is 19.3. The number of ether oxygens (including phenoxy) is 2. The van der Waals surface area contributed by atoms with Crippen molar-refractivity contribution in [2.75, 3.05) is 7.11 Å². The summed E-state index contributed by atoms with van der Waals surface area (Å²) in [5.74, 6) is 1.53. The fourth-order valence-electron chi connectivity index (χ4n) is 3.62. The summed E-state index contributed by atoms with van der Waals surface area (Å²) >= 11 is 0. The molecule has 0 saturated heterocycles. The maximum absolute atomic E-state index is 13.0. The van der Waals surface area contributed by atoms with Crippen LogP contribution in [0.5, 0.6) is 11.5 Å². The molecule has 146 valence electrons. The van der Waals surface area contributed by atoms with E-state index < -0.39 is 0 Å². The second-order valence-electron chi connectivity index (χ2n) is 7.32. The monoisotopic (exact) mass is 371 g/mol. The van der Waals surface area contributed by atoms with Gasteiger partial charge in [0.05, 0.1) is 13.2 Å². The van der Waals surface area contributed by atoms with Gasteiger partial charge in [-0.2, -0.15) is 5.10 Å². The molecule has 6 nitrogen and oxygen atoms in total. The molecule has 0 unspecified atom stereocenters. The average molecular weight is 371 g/mol. The summed E-state index contributed by atoms with van der Waals surface area (Å²) in [5.41, 5.74) is 1.05. The third-order valence-electron chi connectivity index (χ3n) is 4.89. The summed E-state index contributed by atoms with van der Waals surface area (Å²) in [7, 11) is 1.64. The number of benzene rings is 1. The Kier molecular flexibility index (Phi) is 6.37. The molecular formula is C21H29N3O3. The fourth-order valence-corrected chi connectivity index (χ4v) is 3.62. The summed E-state index contributed by atoms with van der Waals surface area (Å²) in [5, 5.41) is 4.17. The van der Waals surface area contributed by atoms with Gasteiger partial charge < -0.3 is 14.4 Å². The van der Waals surface area contributed by atoms with Crippen molar-refractivity contribution in [1.29, 1.82) is 0 Å². The normalized spacial score (nSPS) is 14.5. The molecule has 27 heavy (non-hydrogen) atoms. The van der Waals surface area contributed by atoms with Crippen LogP contribution in [0, 0.1) is 0 Å². The Morgan fingerprint density at radius 3 is 2.70 bits per heavy atom. The van der Waals surface area contributed by atoms with Crippen molar-refractivity contribution >= 4 is 5.91 Å². The predicted molar refractivity (Wildman–Crippen MR) is 104 cm³/mol. The van der Waals surface area contributed by atoms with Crippen molar-refractivity contribution in [1.82, 2.24) is 14.7 Å². The Morgan fingerprint density at radius 1 is 1.30 bits per heavy atom. The van der Waals surface area contributed by atoms with Gasteiger partial charge in [-0.1, -0.05) is 18.9 Å². The summed E-state index contributed by atoms with van der Waals surface area (Å²) in [6.07, 6.45) is 8.08. The highest BCUT2D eigenvalue weighted by atomic mass is 16.5. The van der Waals surface area contributed by atoms with Crippen molar-refractivity contribution in [2.24, 2.45) is 0 Å². The minimum atomic E-state index is 0.0570. The zero-order valence-electron chi connectivity index (χ0n) is 16.4. The van der Waals surface area contributed by atoms with Gasteiger partial charge >= 0.3 is 0 Å². The molecule has 0 aliphatic heterocycles. The standard InChI is InChI=1S/C21H29N3O3/c1-16(2)27-20-13-17(9-10-19(20)26-3)14-24(18-7-4-5-8-18)21(25)15-23-12-6-11-22-23/h6,9-13,16,18H,4-5,7-8,14-15H2,1-3H3. The molecule has 1 fully saturated rings. The van der Waals surface area contributed by atoms with Crippen molar-refractivity contribution < 1.29 is 14.3 Å². The predicted octanol–water partition coefficient (Wildman–Crippen LogP) is 3.65. The topological polar surface area (TPSA) is 56.6 Å². The molecule has 3 rings (SSSR count). The van der Waals surface area contributed by atoms with Crippen LogP contribution in [0.1, 0.15) is 45.1 Å². The highest BCUT2D eigenvalue weighted by molar-refractivity contribution is 5.76. The van der Waals surface area contributed by atoms with Crippen LogP contribution >= 0.6 is 0 Å². The van der Waals surface area contributed by atoms with Gasteiger partial charge in [-0.15, -0.1) is 0 Å². The lowest BCUT2D eigenvalue weighted by molar-refractivity contribution is -0.135. The number of amides is 1. The van der Waals surface area contributed by atoms with Crippen LogP contribution < -0.4 is 9.47 Å². The quantitative estimate of drug-likeness (QED) is 0.711. The van der Waals surface area contributed by atoms with Gasteiger partial charge in [0, 0.05) is 25.0 Å². The Morgan fingerprint density at radius 2 is 2.07 bits per heavy atom. The number of methoxy groups -OCH3 is 1. The molecule has 1 aromatic heterocycles.